The third-order valence-corrected chi connectivity index (χ3v) is 2.75. The van der Waals surface area contributed by atoms with E-state index in [-0.39, 0.29) is 12.6 Å². The minimum Gasteiger partial charge on any atom is -0.494 e. The van der Waals surface area contributed by atoms with E-state index in [0.717, 1.165) is 25.1 Å². The molecule has 0 aliphatic heterocycles. The number of aryl methyl sites for hydroxylation is 1. The molecule has 17 heavy (non-hydrogen) atoms. The average Bonchev–Trinajstić information content (AvgIpc) is 2.38. The van der Waals surface area contributed by atoms with Gasteiger partial charge in [0.25, 0.3) is 0 Å². The zero-order valence-electron chi connectivity index (χ0n) is 10.8. The average molecular weight is 237 g/mol. The Labute approximate surface area is 104 Å². The highest BCUT2D eigenvalue weighted by molar-refractivity contribution is 5.28. The van der Waals surface area contributed by atoms with Gasteiger partial charge in [-0.25, -0.2) is 0 Å². The van der Waals surface area contributed by atoms with Gasteiger partial charge in [0.15, 0.2) is 0 Å². The van der Waals surface area contributed by atoms with Crippen molar-refractivity contribution in [3.8, 4) is 5.75 Å². The first-order valence-corrected chi connectivity index (χ1v) is 6.36. The highest BCUT2D eigenvalue weighted by Gasteiger charge is 2.05. The van der Waals surface area contributed by atoms with Crippen molar-refractivity contribution in [1.82, 2.24) is 5.32 Å². The predicted molar refractivity (Wildman–Crippen MR) is 70.5 cm³/mol. The third kappa shape index (κ3) is 5.20. The number of rotatable bonds is 8. The Hall–Kier alpha value is -1.06. The summed E-state index contributed by atoms with van der Waals surface area (Å²) in [7, 11) is 0. The van der Waals surface area contributed by atoms with Crippen LogP contribution in [0, 0.1) is 0 Å². The standard InChI is InChI=1S/C14H23NO2/c1-3-12-6-5-7-14(10-12)17-9-8-13(11-16)15-4-2/h5-7,10,13,15-16H,3-4,8-9,11H2,1-2H3. The molecule has 2 N–H and O–H groups in total. The van der Waals surface area contributed by atoms with Gasteiger partial charge in [-0.2, -0.15) is 0 Å². The van der Waals surface area contributed by atoms with E-state index in [1.165, 1.54) is 5.56 Å². The van der Waals surface area contributed by atoms with Crippen molar-refractivity contribution >= 4 is 0 Å². The van der Waals surface area contributed by atoms with Crippen molar-refractivity contribution in [2.45, 2.75) is 32.7 Å². The number of aliphatic hydroxyl groups excluding tert-OH is 1. The molecule has 0 radical (unpaired) electrons. The monoisotopic (exact) mass is 237 g/mol. The molecule has 0 bridgehead atoms. The van der Waals surface area contributed by atoms with E-state index in [0.29, 0.717) is 6.61 Å². The second-order valence-corrected chi connectivity index (χ2v) is 4.08. The lowest BCUT2D eigenvalue weighted by molar-refractivity contribution is 0.210. The van der Waals surface area contributed by atoms with E-state index in [2.05, 4.69) is 24.4 Å². The minimum atomic E-state index is 0.134. The molecule has 1 atom stereocenters. The highest BCUT2D eigenvalue weighted by atomic mass is 16.5. The number of hydrogen-bond acceptors (Lipinski definition) is 3. The third-order valence-electron chi connectivity index (χ3n) is 2.75. The quantitative estimate of drug-likeness (QED) is 0.726. The van der Waals surface area contributed by atoms with Gasteiger partial charge in [-0.1, -0.05) is 26.0 Å². The summed E-state index contributed by atoms with van der Waals surface area (Å²) >= 11 is 0. The van der Waals surface area contributed by atoms with E-state index < -0.39 is 0 Å². The largest absolute Gasteiger partial charge is 0.494 e. The van der Waals surface area contributed by atoms with Crippen molar-refractivity contribution < 1.29 is 9.84 Å². The molecule has 0 aliphatic rings. The van der Waals surface area contributed by atoms with E-state index in [1.807, 2.05) is 19.1 Å². The molecule has 0 aromatic heterocycles. The summed E-state index contributed by atoms with van der Waals surface area (Å²) in [5.74, 6) is 0.914. The van der Waals surface area contributed by atoms with Gasteiger partial charge < -0.3 is 15.2 Å². The Morgan fingerprint density at radius 1 is 1.35 bits per heavy atom. The van der Waals surface area contributed by atoms with Gasteiger partial charge in [0.2, 0.25) is 0 Å². The molecule has 0 fully saturated rings. The molecular weight excluding hydrogens is 214 g/mol. The zero-order chi connectivity index (χ0) is 12.5. The number of hydrogen-bond donors (Lipinski definition) is 2. The van der Waals surface area contributed by atoms with Crippen LogP contribution in [0.25, 0.3) is 0 Å². The van der Waals surface area contributed by atoms with Crippen LogP contribution in [0.2, 0.25) is 0 Å². The van der Waals surface area contributed by atoms with E-state index in [9.17, 15) is 0 Å². The lowest BCUT2D eigenvalue weighted by Crippen LogP contribution is -2.33. The van der Waals surface area contributed by atoms with Crippen molar-refractivity contribution in [1.29, 1.82) is 0 Å². The Balaban J connectivity index is 2.34. The fraction of sp³-hybridized carbons (Fsp3) is 0.571. The maximum Gasteiger partial charge on any atom is 0.119 e. The molecule has 1 unspecified atom stereocenters. The van der Waals surface area contributed by atoms with Gasteiger partial charge in [-0.05, 0) is 37.1 Å². The van der Waals surface area contributed by atoms with Crippen LogP contribution in [0.4, 0.5) is 0 Å². The van der Waals surface area contributed by atoms with E-state index in [4.69, 9.17) is 9.84 Å². The second kappa shape index (κ2) is 8.09. The molecular formula is C14H23NO2. The van der Waals surface area contributed by atoms with E-state index in [1.54, 1.807) is 0 Å². The minimum absolute atomic E-state index is 0.134. The Kier molecular flexibility index (Phi) is 6.67. The first-order chi connectivity index (χ1) is 8.30. The Bertz CT molecular complexity index is 315. The van der Waals surface area contributed by atoms with Crippen LogP contribution in [0.15, 0.2) is 24.3 Å². The summed E-state index contributed by atoms with van der Waals surface area (Å²) < 4.78 is 5.68. The fourth-order valence-electron chi connectivity index (χ4n) is 1.72. The molecule has 0 aliphatic carbocycles. The number of likely N-dealkylation sites (N-methyl/N-ethyl adjacent to an activating group) is 1. The first kappa shape index (κ1) is 14.0. The number of benzene rings is 1. The van der Waals surface area contributed by atoms with Gasteiger partial charge >= 0.3 is 0 Å². The summed E-state index contributed by atoms with van der Waals surface area (Å²) in [5, 5.41) is 12.3. The van der Waals surface area contributed by atoms with Crippen LogP contribution in [0.3, 0.4) is 0 Å². The molecule has 96 valence electrons. The van der Waals surface area contributed by atoms with Crippen molar-refractivity contribution in [2.75, 3.05) is 19.8 Å². The van der Waals surface area contributed by atoms with Crippen molar-refractivity contribution in [3.05, 3.63) is 29.8 Å². The topological polar surface area (TPSA) is 41.5 Å². The van der Waals surface area contributed by atoms with Gasteiger partial charge in [0, 0.05) is 6.04 Å². The molecule has 1 aromatic carbocycles. The Morgan fingerprint density at radius 3 is 2.82 bits per heavy atom. The first-order valence-electron chi connectivity index (χ1n) is 6.36. The number of ether oxygens (including phenoxy) is 1. The number of aliphatic hydroxyl groups is 1. The van der Waals surface area contributed by atoms with Crippen LogP contribution in [-0.4, -0.2) is 30.9 Å². The van der Waals surface area contributed by atoms with Crippen LogP contribution >= 0.6 is 0 Å². The van der Waals surface area contributed by atoms with E-state index >= 15 is 0 Å². The molecule has 3 heteroatoms. The highest BCUT2D eigenvalue weighted by Crippen LogP contribution is 2.14. The van der Waals surface area contributed by atoms with Crippen LogP contribution < -0.4 is 10.1 Å². The maximum atomic E-state index is 9.12. The van der Waals surface area contributed by atoms with Gasteiger partial charge in [0.1, 0.15) is 5.75 Å². The smallest absolute Gasteiger partial charge is 0.119 e. The summed E-state index contributed by atoms with van der Waals surface area (Å²) in [6.07, 6.45) is 1.84. The molecule has 0 saturated heterocycles. The molecule has 0 heterocycles. The van der Waals surface area contributed by atoms with Crippen molar-refractivity contribution in [2.24, 2.45) is 0 Å². The van der Waals surface area contributed by atoms with Gasteiger partial charge in [0.05, 0.1) is 13.2 Å². The molecule has 0 saturated carbocycles. The summed E-state index contributed by atoms with van der Waals surface area (Å²) in [6.45, 7) is 5.83. The lowest BCUT2D eigenvalue weighted by Gasteiger charge is -2.15. The molecule has 1 rings (SSSR count). The van der Waals surface area contributed by atoms with Crippen LogP contribution in [-0.2, 0) is 6.42 Å². The Morgan fingerprint density at radius 2 is 2.18 bits per heavy atom. The summed E-state index contributed by atoms with van der Waals surface area (Å²) in [4.78, 5) is 0. The lowest BCUT2D eigenvalue weighted by atomic mass is 10.2. The molecule has 0 spiro atoms. The van der Waals surface area contributed by atoms with Gasteiger partial charge in [-0.3, -0.25) is 0 Å². The maximum absolute atomic E-state index is 9.12. The summed E-state index contributed by atoms with van der Waals surface area (Å²) in [5.41, 5.74) is 1.29. The van der Waals surface area contributed by atoms with Gasteiger partial charge in [-0.15, -0.1) is 0 Å². The SMILES string of the molecule is CCNC(CO)CCOc1cccc(CC)c1. The number of nitrogens with one attached hydrogen (secondary N) is 1. The molecule has 3 nitrogen and oxygen atoms in total. The van der Waals surface area contributed by atoms with Crippen LogP contribution in [0.1, 0.15) is 25.8 Å². The molecule has 1 aromatic rings. The summed E-state index contributed by atoms with van der Waals surface area (Å²) in [6, 6.07) is 8.29. The molecule has 0 amide bonds. The second-order valence-electron chi connectivity index (χ2n) is 4.08. The van der Waals surface area contributed by atoms with Crippen LogP contribution in [0.5, 0.6) is 5.75 Å². The normalized spacial score (nSPS) is 12.4. The fourth-order valence-corrected chi connectivity index (χ4v) is 1.72. The predicted octanol–water partition coefficient (Wildman–Crippen LogP) is 1.99. The zero-order valence-corrected chi connectivity index (χ0v) is 10.8. The van der Waals surface area contributed by atoms with Crippen molar-refractivity contribution in [3.63, 3.8) is 0 Å².